The molecule has 0 spiro atoms. The molecule has 0 saturated carbocycles. The monoisotopic (exact) mass is 483 g/mol. The zero-order valence-electron chi connectivity index (χ0n) is 21.3. The molecule has 2 aromatic rings. The molecule has 0 aromatic heterocycles. The largest absolute Gasteiger partial charge is 0.495 e. The van der Waals surface area contributed by atoms with Crippen molar-refractivity contribution in [3.05, 3.63) is 47.5 Å². The Morgan fingerprint density at radius 1 is 0.971 bits per heavy atom. The van der Waals surface area contributed by atoms with Crippen molar-refractivity contribution in [3.8, 4) is 17.2 Å². The maximum atomic E-state index is 13.2. The van der Waals surface area contributed by atoms with E-state index in [4.69, 9.17) is 14.2 Å². The second-order valence-electron chi connectivity index (χ2n) is 9.73. The predicted octanol–water partition coefficient (Wildman–Crippen LogP) is 3.50. The summed E-state index contributed by atoms with van der Waals surface area (Å²) in [5.74, 6) is 0.582. The third kappa shape index (κ3) is 5.50. The van der Waals surface area contributed by atoms with Crippen molar-refractivity contribution in [2.75, 3.05) is 33.2 Å². The van der Waals surface area contributed by atoms with Gasteiger partial charge in [-0.15, -0.1) is 0 Å². The first-order chi connectivity index (χ1) is 16.4. The van der Waals surface area contributed by atoms with E-state index in [2.05, 4.69) is 31.4 Å². The molecule has 9 heteroatoms. The third-order valence-corrected chi connectivity index (χ3v) is 5.99. The van der Waals surface area contributed by atoms with Gasteiger partial charge in [0.1, 0.15) is 17.8 Å². The van der Waals surface area contributed by atoms with Crippen LogP contribution < -0.4 is 24.8 Å². The number of rotatable bonds is 8. The molecule has 1 aliphatic rings. The van der Waals surface area contributed by atoms with E-state index >= 15 is 0 Å². The number of anilines is 1. The Hall–Kier alpha value is -3.75. The molecule has 35 heavy (non-hydrogen) atoms. The molecule has 1 aliphatic heterocycles. The van der Waals surface area contributed by atoms with Gasteiger partial charge < -0.3 is 24.8 Å². The standard InChI is InChI=1S/C26H33N3O6/c1-25(2,3)17-9-11-19(33-5)18(13-17)27-22(30)15-29-23(31)26(4,28-24(29)32)14-16-8-10-20(34-6)21(12-16)35-7/h8-13H,14-15H2,1-7H3,(H,27,30)(H,28,32)/t26-/m1/s1. The molecule has 0 aliphatic carbocycles. The lowest BCUT2D eigenvalue weighted by Crippen LogP contribution is -2.46. The highest BCUT2D eigenvalue weighted by Gasteiger charge is 2.48. The van der Waals surface area contributed by atoms with Crippen molar-refractivity contribution in [1.82, 2.24) is 10.2 Å². The first-order valence-electron chi connectivity index (χ1n) is 11.2. The minimum absolute atomic E-state index is 0.136. The van der Waals surface area contributed by atoms with E-state index < -0.39 is 29.9 Å². The summed E-state index contributed by atoms with van der Waals surface area (Å²) in [5, 5.41) is 5.50. The van der Waals surface area contributed by atoms with Crippen LogP contribution in [0.3, 0.4) is 0 Å². The van der Waals surface area contributed by atoms with Crippen molar-refractivity contribution in [2.24, 2.45) is 0 Å². The molecule has 1 saturated heterocycles. The van der Waals surface area contributed by atoms with Gasteiger partial charge >= 0.3 is 6.03 Å². The lowest BCUT2D eigenvalue weighted by atomic mass is 9.87. The van der Waals surface area contributed by atoms with Crippen LogP contribution in [0.25, 0.3) is 0 Å². The van der Waals surface area contributed by atoms with E-state index in [1.165, 1.54) is 21.3 Å². The number of imide groups is 1. The van der Waals surface area contributed by atoms with Crippen molar-refractivity contribution < 1.29 is 28.6 Å². The number of carbonyl (C=O) groups excluding carboxylic acids is 3. The van der Waals surface area contributed by atoms with Gasteiger partial charge in [0.25, 0.3) is 5.91 Å². The number of benzene rings is 2. The average Bonchev–Trinajstić information content (AvgIpc) is 3.00. The third-order valence-electron chi connectivity index (χ3n) is 5.99. The SMILES string of the molecule is COc1ccc(C(C)(C)C)cc1NC(=O)CN1C(=O)N[C@](C)(Cc2ccc(OC)c(OC)c2)C1=O. The molecule has 0 bridgehead atoms. The summed E-state index contributed by atoms with van der Waals surface area (Å²) in [6.07, 6.45) is 0.220. The first kappa shape index (κ1) is 25.9. The number of urea groups is 1. The summed E-state index contributed by atoms with van der Waals surface area (Å²) >= 11 is 0. The van der Waals surface area contributed by atoms with Gasteiger partial charge in [-0.25, -0.2) is 4.79 Å². The number of amides is 4. The van der Waals surface area contributed by atoms with Gasteiger partial charge in [0.15, 0.2) is 11.5 Å². The molecule has 1 heterocycles. The van der Waals surface area contributed by atoms with Crippen molar-refractivity contribution >= 4 is 23.5 Å². The van der Waals surface area contributed by atoms with Crippen LogP contribution in [0.1, 0.15) is 38.8 Å². The van der Waals surface area contributed by atoms with E-state index in [9.17, 15) is 14.4 Å². The molecule has 4 amide bonds. The smallest absolute Gasteiger partial charge is 0.325 e. The van der Waals surface area contributed by atoms with E-state index in [0.29, 0.717) is 22.9 Å². The summed E-state index contributed by atoms with van der Waals surface area (Å²) in [6, 6.07) is 10.2. The summed E-state index contributed by atoms with van der Waals surface area (Å²) in [7, 11) is 4.58. The fourth-order valence-corrected chi connectivity index (χ4v) is 4.01. The molecule has 3 rings (SSSR count). The van der Waals surface area contributed by atoms with Crippen LogP contribution in [0.4, 0.5) is 10.5 Å². The summed E-state index contributed by atoms with van der Waals surface area (Å²) in [5.41, 5.74) is 0.911. The number of nitrogens with zero attached hydrogens (tertiary/aromatic N) is 1. The molecule has 0 radical (unpaired) electrons. The van der Waals surface area contributed by atoms with Gasteiger partial charge in [-0.1, -0.05) is 32.9 Å². The second-order valence-corrected chi connectivity index (χ2v) is 9.73. The van der Waals surface area contributed by atoms with E-state index in [-0.39, 0.29) is 11.8 Å². The average molecular weight is 484 g/mol. The summed E-state index contributed by atoms with van der Waals surface area (Å²) in [4.78, 5) is 39.6. The van der Waals surface area contributed by atoms with Crippen LogP contribution >= 0.6 is 0 Å². The number of nitrogens with one attached hydrogen (secondary N) is 2. The highest BCUT2D eigenvalue weighted by atomic mass is 16.5. The molecule has 0 unspecified atom stereocenters. The number of hydrogen-bond acceptors (Lipinski definition) is 6. The van der Waals surface area contributed by atoms with Gasteiger partial charge in [0, 0.05) is 6.42 Å². The van der Waals surface area contributed by atoms with Crippen LogP contribution in [0.2, 0.25) is 0 Å². The fourth-order valence-electron chi connectivity index (χ4n) is 4.01. The van der Waals surface area contributed by atoms with Gasteiger partial charge in [-0.2, -0.15) is 0 Å². The van der Waals surface area contributed by atoms with Gasteiger partial charge in [-0.3, -0.25) is 14.5 Å². The molecule has 188 valence electrons. The Morgan fingerprint density at radius 2 is 1.60 bits per heavy atom. The molecular formula is C26H33N3O6. The Labute approximate surface area is 205 Å². The van der Waals surface area contributed by atoms with Crippen LogP contribution in [-0.2, 0) is 21.4 Å². The van der Waals surface area contributed by atoms with Crippen molar-refractivity contribution in [3.63, 3.8) is 0 Å². The number of hydrogen-bond donors (Lipinski definition) is 2. The minimum Gasteiger partial charge on any atom is -0.495 e. The predicted molar refractivity (Wildman–Crippen MR) is 132 cm³/mol. The molecule has 9 nitrogen and oxygen atoms in total. The van der Waals surface area contributed by atoms with Crippen LogP contribution in [0.5, 0.6) is 17.2 Å². The van der Waals surface area contributed by atoms with E-state index in [1.54, 1.807) is 31.2 Å². The quantitative estimate of drug-likeness (QED) is 0.557. The number of carbonyl (C=O) groups is 3. The number of ether oxygens (including phenoxy) is 3. The van der Waals surface area contributed by atoms with Gasteiger partial charge in [-0.05, 0) is 47.7 Å². The van der Waals surface area contributed by atoms with E-state index in [1.807, 2.05) is 12.1 Å². The molecule has 2 aromatic carbocycles. The van der Waals surface area contributed by atoms with Crippen LogP contribution in [0, 0.1) is 0 Å². The Balaban J connectivity index is 1.75. The zero-order valence-corrected chi connectivity index (χ0v) is 21.3. The second kappa shape index (κ2) is 9.85. The molecular weight excluding hydrogens is 450 g/mol. The first-order valence-corrected chi connectivity index (χ1v) is 11.2. The van der Waals surface area contributed by atoms with Gasteiger partial charge in [0.05, 0.1) is 27.0 Å². The van der Waals surface area contributed by atoms with Crippen LogP contribution in [-0.4, -0.2) is 56.2 Å². The Bertz CT molecular complexity index is 1140. The van der Waals surface area contributed by atoms with Crippen molar-refractivity contribution in [1.29, 1.82) is 0 Å². The fraction of sp³-hybridized carbons (Fsp3) is 0.423. The summed E-state index contributed by atoms with van der Waals surface area (Å²) in [6.45, 7) is 7.40. The maximum absolute atomic E-state index is 13.2. The lowest BCUT2D eigenvalue weighted by Gasteiger charge is -2.23. The van der Waals surface area contributed by atoms with E-state index in [0.717, 1.165) is 16.0 Å². The Morgan fingerprint density at radius 3 is 2.20 bits per heavy atom. The highest BCUT2D eigenvalue weighted by molar-refractivity contribution is 6.10. The lowest BCUT2D eigenvalue weighted by molar-refractivity contribution is -0.133. The molecule has 1 fully saturated rings. The minimum atomic E-state index is -1.21. The zero-order chi connectivity index (χ0) is 26.0. The maximum Gasteiger partial charge on any atom is 0.325 e. The normalized spacial score (nSPS) is 17.7. The highest BCUT2D eigenvalue weighted by Crippen LogP contribution is 2.32. The topological polar surface area (TPSA) is 106 Å². The van der Waals surface area contributed by atoms with Gasteiger partial charge in [0.2, 0.25) is 5.91 Å². The molecule has 2 N–H and O–H groups in total. The summed E-state index contributed by atoms with van der Waals surface area (Å²) < 4.78 is 16.0. The molecule has 1 atom stereocenters. The van der Waals surface area contributed by atoms with Crippen molar-refractivity contribution in [2.45, 2.75) is 45.1 Å². The number of methoxy groups -OCH3 is 3. The Kier molecular flexibility index (Phi) is 7.28. The van der Waals surface area contributed by atoms with Crippen LogP contribution in [0.15, 0.2) is 36.4 Å².